The number of carbonyl (C=O) groups excluding carboxylic acids is 1. The summed E-state index contributed by atoms with van der Waals surface area (Å²) in [6, 6.07) is 14.3. The van der Waals surface area contributed by atoms with E-state index >= 15 is 0 Å². The molecule has 2 aromatic heterocycles. The third-order valence-electron chi connectivity index (χ3n) is 5.39. The average Bonchev–Trinajstić information content (AvgIpc) is 2.86. The quantitative estimate of drug-likeness (QED) is 0.413. The Hall–Kier alpha value is -4.26. The molecular weight excluding hydrogens is 433 g/mol. The molecule has 1 N–H and O–H groups in total. The molecule has 0 aliphatic heterocycles. The summed E-state index contributed by atoms with van der Waals surface area (Å²) in [5.41, 5.74) is 5.09. The molecule has 2 heterocycles. The molecule has 0 radical (unpaired) electrons. The number of nitrogens with zero attached hydrogens (tertiary/aromatic N) is 2. The minimum atomic E-state index is -0.471. The molecule has 0 spiro atoms. The Morgan fingerprint density at radius 2 is 1.62 bits per heavy atom. The van der Waals surface area contributed by atoms with Gasteiger partial charge in [0, 0.05) is 41.8 Å². The van der Waals surface area contributed by atoms with Crippen molar-refractivity contribution in [3.05, 3.63) is 95.8 Å². The Labute approximate surface area is 197 Å². The summed E-state index contributed by atoms with van der Waals surface area (Å²) in [6.45, 7) is 2.23. The summed E-state index contributed by atoms with van der Waals surface area (Å²) in [6.07, 6.45) is 6.19. The predicted molar refractivity (Wildman–Crippen MR) is 128 cm³/mol. The van der Waals surface area contributed by atoms with Gasteiger partial charge in [-0.1, -0.05) is 18.2 Å². The number of hydrogen-bond acceptors (Lipinski definition) is 5. The molecule has 0 fully saturated rings. The lowest BCUT2D eigenvalue weighted by atomic mass is 9.95. The molecule has 0 aliphatic rings. The van der Waals surface area contributed by atoms with Crippen LogP contribution in [0.4, 0.5) is 4.39 Å². The van der Waals surface area contributed by atoms with Crippen LogP contribution in [-0.4, -0.2) is 30.1 Å². The van der Waals surface area contributed by atoms with Crippen LogP contribution in [0.2, 0.25) is 0 Å². The van der Waals surface area contributed by atoms with Crippen LogP contribution in [-0.2, 0) is 6.54 Å². The smallest absolute Gasteiger partial charge is 0.252 e. The number of amides is 1. The summed E-state index contributed by atoms with van der Waals surface area (Å²) < 4.78 is 24.5. The summed E-state index contributed by atoms with van der Waals surface area (Å²) in [5, 5.41) is 2.95. The van der Waals surface area contributed by atoms with Crippen molar-refractivity contribution >= 4 is 5.91 Å². The van der Waals surface area contributed by atoms with Gasteiger partial charge < -0.3 is 14.8 Å². The zero-order chi connectivity index (χ0) is 24.1. The highest BCUT2D eigenvalue weighted by Gasteiger charge is 2.16. The number of pyridine rings is 2. The number of aromatic nitrogens is 2. The van der Waals surface area contributed by atoms with Gasteiger partial charge in [0.2, 0.25) is 0 Å². The van der Waals surface area contributed by atoms with E-state index in [-0.39, 0.29) is 12.5 Å². The van der Waals surface area contributed by atoms with Gasteiger partial charge in [0.1, 0.15) is 5.82 Å². The third kappa shape index (κ3) is 5.04. The van der Waals surface area contributed by atoms with Gasteiger partial charge in [0.05, 0.1) is 20.4 Å². The zero-order valence-electron chi connectivity index (χ0n) is 19.1. The van der Waals surface area contributed by atoms with E-state index in [0.29, 0.717) is 28.2 Å². The van der Waals surface area contributed by atoms with E-state index in [1.54, 1.807) is 44.8 Å². The Morgan fingerprint density at radius 1 is 0.853 bits per heavy atom. The molecule has 0 unspecified atom stereocenters. The van der Waals surface area contributed by atoms with Gasteiger partial charge in [-0.15, -0.1) is 0 Å². The van der Waals surface area contributed by atoms with E-state index in [2.05, 4.69) is 15.3 Å². The molecular formula is C27H24FN3O3. The summed E-state index contributed by atoms with van der Waals surface area (Å²) in [5.74, 6) is 0.422. The van der Waals surface area contributed by atoms with Crippen LogP contribution >= 0.6 is 0 Å². The highest BCUT2D eigenvalue weighted by molar-refractivity contribution is 6.02. The number of carbonyl (C=O) groups is 1. The third-order valence-corrected chi connectivity index (χ3v) is 5.39. The van der Waals surface area contributed by atoms with E-state index in [9.17, 15) is 9.18 Å². The predicted octanol–water partition coefficient (Wildman–Crippen LogP) is 5.21. The molecule has 4 rings (SSSR count). The average molecular weight is 458 g/mol. The first-order valence-electron chi connectivity index (χ1n) is 10.6. The van der Waals surface area contributed by atoms with Crippen LogP contribution in [0, 0.1) is 12.7 Å². The minimum absolute atomic E-state index is 0.274. The molecule has 6 nitrogen and oxygen atoms in total. The number of benzene rings is 2. The molecule has 0 aliphatic carbocycles. The number of rotatable bonds is 7. The van der Waals surface area contributed by atoms with Crippen molar-refractivity contribution in [3.63, 3.8) is 0 Å². The van der Waals surface area contributed by atoms with E-state index < -0.39 is 5.82 Å². The van der Waals surface area contributed by atoms with Gasteiger partial charge in [0.15, 0.2) is 11.5 Å². The van der Waals surface area contributed by atoms with Crippen molar-refractivity contribution < 1.29 is 18.7 Å². The van der Waals surface area contributed by atoms with Crippen molar-refractivity contribution in [3.8, 4) is 33.8 Å². The number of hydrogen-bond donors (Lipinski definition) is 1. The maximum Gasteiger partial charge on any atom is 0.252 e. The number of ether oxygens (including phenoxy) is 2. The summed E-state index contributed by atoms with van der Waals surface area (Å²) in [4.78, 5) is 21.5. The van der Waals surface area contributed by atoms with Crippen molar-refractivity contribution in [2.45, 2.75) is 13.5 Å². The molecule has 0 bridgehead atoms. The van der Waals surface area contributed by atoms with Crippen molar-refractivity contribution in [1.82, 2.24) is 15.3 Å². The molecule has 7 heteroatoms. The monoisotopic (exact) mass is 457 g/mol. The fourth-order valence-electron chi connectivity index (χ4n) is 3.70. The molecule has 0 saturated heterocycles. The van der Waals surface area contributed by atoms with Crippen LogP contribution in [0.25, 0.3) is 22.3 Å². The second-order valence-corrected chi connectivity index (χ2v) is 7.78. The molecule has 34 heavy (non-hydrogen) atoms. The van der Waals surface area contributed by atoms with E-state index in [4.69, 9.17) is 9.47 Å². The molecule has 2 aromatic carbocycles. The number of aryl methyl sites for hydroxylation is 1. The first kappa shape index (κ1) is 22.9. The molecule has 172 valence electrons. The number of nitrogens with one attached hydrogen (secondary N) is 1. The van der Waals surface area contributed by atoms with E-state index in [0.717, 1.165) is 28.5 Å². The molecule has 0 atom stereocenters. The first-order valence-corrected chi connectivity index (χ1v) is 10.6. The Kier molecular flexibility index (Phi) is 6.82. The van der Waals surface area contributed by atoms with Gasteiger partial charge in [-0.05, 0) is 59.5 Å². The summed E-state index contributed by atoms with van der Waals surface area (Å²) >= 11 is 0. The lowest BCUT2D eigenvalue weighted by molar-refractivity contribution is 0.0951. The summed E-state index contributed by atoms with van der Waals surface area (Å²) in [7, 11) is 3.13. The Morgan fingerprint density at radius 3 is 2.35 bits per heavy atom. The number of halogens is 1. The highest BCUT2D eigenvalue weighted by Crippen LogP contribution is 2.30. The standard InChI is InChI=1S/C27H24FN3O3/c1-17-8-20(14-29-12-17)19-5-6-23(21-10-22(28)16-30-15-21)24(11-19)27(32)31-13-18-4-7-25(33-2)26(9-18)34-3/h4-12,14-16H,13H2,1-3H3,(H,31,32). The van der Waals surface area contributed by atoms with Crippen LogP contribution in [0.15, 0.2) is 73.3 Å². The van der Waals surface area contributed by atoms with Crippen LogP contribution in [0.5, 0.6) is 11.5 Å². The van der Waals surface area contributed by atoms with Gasteiger partial charge in [-0.25, -0.2) is 4.39 Å². The largest absolute Gasteiger partial charge is 0.493 e. The SMILES string of the molecule is COc1ccc(CNC(=O)c2cc(-c3cncc(C)c3)ccc2-c2cncc(F)c2)cc1OC. The topological polar surface area (TPSA) is 73.3 Å². The van der Waals surface area contributed by atoms with Crippen LogP contribution in [0.3, 0.4) is 0 Å². The fraction of sp³-hybridized carbons (Fsp3) is 0.148. The van der Waals surface area contributed by atoms with Crippen molar-refractivity contribution in [1.29, 1.82) is 0 Å². The van der Waals surface area contributed by atoms with E-state index in [1.165, 1.54) is 12.3 Å². The molecule has 1 amide bonds. The maximum atomic E-state index is 13.9. The second-order valence-electron chi connectivity index (χ2n) is 7.78. The number of methoxy groups -OCH3 is 2. The Bertz CT molecular complexity index is 1340. The van der Waals surface area contributed by atoms with Gasteiger partial charge in [0.25, 0.3) is 5.91 Å². The maximum absolute atomic E-state index is 13.9. The molecule has 0 saturated carbocycles. The van der Waals surface area contributed by atoms with Gasteiger partial charge in [-0.2, -0.15) is 0 Å². The highest BCUT2D eigenvalue weighted by atomic mass is 19.1. The van der Waals surface area contributed by atoms with E-state index in [1.807, 2.05) is 31.2 Å². The lowest BCUT2D eigenvalue weighted by Crippen LogP contribution is -2.23. The van der Waals surface area contributed by atoms with Gasteiger partial charge in [-0.3, -0.25) is 14.8 Å². The van der Waals surface area contributed by atoms with Crippen LogP contribution in [0.1, 0.15) is 21.5 Å². The van der Waals surface area contributed by atoms with Crippen molar-refractivity contribution in [2.24, 2.45) is 0 Å². The Balaban J connectivity index is 1.68. The normalized spacial score (nSPS) is 10.6. The lowest BCUT2D eigenvalue weighted by Gasteiger charge is -2.14. The zero-order valence-corrected chi connectivity index (χ0v) is 19.1. The fourth-order valence-corrected chi connectivity index (χ4v) is 3.70. The van der Waals surface area contributed by atoms with Crippen molar-refractivity contribution in [2.75, 3.05) is 14.2 Å². The minimum Gasteiger partial charge on any atom is -0.493 e. The second kappa shape index (κ2) is 10.1. The van der Waals surface area contributed by atoms with Gasteiger partial charge >= 0.3 is 0 Å². The molecule has 4 aromatic rings. The first-order chi connectivity index (χ1) is 16.5. The van der Waals surface area contributed by atoms with Crippen LogP contribution < -0.4 is 14.8 Å².